The largest absolute Gasteiger partial charge is 0.416 e. The molecule has 1 aliphatic rings. The SMILES string of the molecule is COC1(C(=O)NCC(C)(C)c2cccc(C(F)(F)F)c2)CCNCC1.Cl. The minimum absolute atomic E-state index is 0. The minimum Gasteiger partial charge on any atom is -0.368 e. The van der Waals surface area contributed by atoms with Gasteiger partial charge in [-0.15, -0.1) is 12.4 Å². The molecule has 2 rings (SSSR count). The zero-order valence-electron chi connectivity index (χ0n) is 15.2. The molecule has 0 radical (unpaired) electrons. The molecule has 2 N–H and O–H groups in total. The molecular formula is C18H26ClF3N2O2. The lowest BCUT2D eigenvalue weighted by molar-refractivity contribution is -0.147. The van der Waals surface area contributed by atoms with E-state index in [2.05, 4.69) is 10.6 Å². The summed E-state index contributed by atoms with van der Waals surface area (Å²) in [4.78, 5) is 12.6. The summed E-state index contributed by atoms with van der Waals surface area (Å²) in [6.07, 6.45) is -3.25. The van der Waals surface area contributed by atoms with E-state index >= 15 is 0 Å². The number of ether oxygens (including phenoxy) is 1. The van der Waals surface area contributed by atoms with Crippen molar-refractivity contribution in [2.24, 2.45) is 0 Å². The molecule has 4 nitrogen and oxygen atoms in total. The Kier molecular flexibility index (Phi) is 7.51. The molecule has 0 atom stereocenters. The molecule has 0 aliphatic carbocycles. The second-order valence-electron chi connectivity index (χ2n) is 7.09. The van der Waals surface area contributed by atoms with E-state index < -0.39 is 22.8 Å². The number of rotatable bonds is 5. The van der Waals surface area contributed by atoms with Gasteiger partial charge >= 0.3 is 6.18 Å². The van der Waals surface area contributed by atoms with Gasteiger partial charge in [0.1, 0.15) is 5.60 Å². The average molecular weight is 395 g/mol. The summed E-state index contributed by atoms with van der Waals surface area (Å²) in [6, 6.07) is 5.24. The predicted molar refractivity (Wildman–Crippen MR) is 96.6 cm³/mol. The van der Waals surface area contributed by atoms with Crippen LogP contribution in [0, 0.1) is 0 Å². The first-order valence-corrected chi connectivity index (χ1v) is 8.33. The second kappa shape index (κ2) is 8.59. The quantitative estimate of drug-likeness (QED) is 0.805. The van der Waals surface area contributed by atoms with Crippen molar-refractivity contribution in [1.29, 1.82) is 0 Å². The number of benzene rings is 1. The van der Waals surface area contributed by atoms with Crippen LogP contribution in [0.5, 0.6) is 0 Å². The highest BCUT2D eigenvalue weighted by atomic mass is 35.5. The molecule has 0 unspecified atom stereocenters. The van der Waals surface area contributed by atoms with Gasteiger partial charge in [-0.3, -0.25) is 4.79 Å². The summed E-state index contributed by atoms with van der Waals surface area (Å²) in [5.74, 6) is -0.212. The van der Waals surface area contributed by atoms with E-state index in [1.165, 1.54) is 13.2 Å². The third-order valence-corrected chi connectivity index (χ3v) is 4.88. The summed E-state index contributed by atoms with van der Waals surface area (Å²) in [7, 11) is 1.52. The zero-order chi connectivity index (χ0) is 18.7. The van der Waals surface area contributed by atoms with Crippen LogP contribution >= 0.6 is 12.4 Å². The second-order valence-corrected chi connectivity index (χ2v) is 7.09. The molecule has 1 saturated heterocycles. The predicted octanol–water partition coefficient (Wildman–Crippen LogP) is 3.29. The van der Waals surface area contributed by atoms with Crippen LogP contribution in [0.3, 0.4) is 0 Å². The molecule has 0 bridgehead atoms. The maximum atomic E-state index is 12.9. The van der Waals surface area contributed by atoms with Gasteiger partial charge in [-0.1, -0.05) is 32.0 Å². The first-order valence-electron chi connectivity index (χ1n) is 8.33. The van der Waals surface area contributed by atoms with Crippen molar-refractivity contribution in [3.05, 3.63) is 35.4 Å². The summed E-state index contributed by atoms with van der Waals surface area (Å²) in [5, 5.41) is 6.05. The van der Waals surface area contributed by atoms with Gasteiger partial charge in [0, 0.05) is 19.1 Å². The molecule has 1 fully saturated rings. The van der Waals surface area contributed by atoms with Gasteiger partial charge in [-0.2, -0.15) is 13.2 Å². The van der Waals surface area contributed by atoms with Crippen molar-refractivity contribution < 1.29 is 22.7 Å². The molecule has 0 saturated carbocycles. The Hall–Kier alpha value is -1.31. The fourth-order valence-electron chi connectivity index (χ4n) is 3.04. The molecule has 0 spiro atoms. The highest BCUT2D eigenvalue weighted by Crippen LogP contribution is 2.32. The number of alkyl halides is 3. The molecule has 1 aliphatic heterocycles. The molecule has 1 amide bonds. The topological polar surface area (TPSA) is 50.4 Å². The maximum Gasteiger partial charge on any atom is 0.416 e. The number of carbonyl (C=O) groups is 1. The molecule has 148 valence electrons. The third-order valence-electron chi connectivity index (χ3n) is 4.88. The van der Waals surface area contributed by atoms with E-state index in [4.69, 9.17) is 4.74 Å². The van der Waals surface area contributed by atoms with Gasteiger partial charge in [-0.05, 0) is 37.6 Å². The van der Waals surface area contributed by atoms with Crippen LogP contribution in [0.4, 0.5) is 13.2 Å². The maximum absolute atomic E-state index is 12.9. The Labute approximate surface area is 158 Å². The van der Waals surface area contributed by atoms with Gasteiger partial charge < -0.3 is 15.4 Å². The van der Waals surface area contributed by atoms with Gasteiger partial charge in [-0.25, -0.2) is 0 Å². The van der Waals surface area contributed by atoms with Crippen molar-refractivity contribution in [3.63, 3.8) is 0 Å². The van der Waals surface area contributed by atoms with Crippen LogP contribution in [0.1, 0.15) is 37.8 Å². The minimum atomic E-state index is -4.38. The van der Waals surface area contributed by atoms with Gasteiger partial charge in [0.05, 0.1) is 5.56 Å². The highest BCUT2D eigenvalue weighted by molar-refractivity contribution is 5.85. The number of hydrogen-bond acceptors (Lipinski definition) is 3. The Morgan fingerprint density at radius 1 is 1.23 bits per heavy atom. The van der Waals surface area contributed by atoms with Crippen molar-refractivity contribution in [3.8, 4) is 0 Å². The summed E-state index contributed by atoms with van der Waals surface area (Å²) >= 11 is 0. The summed E-state index contributed by atoms with van der Waals surface area (Å²) in [5.41, 5.74) is -1.66. The van der Waals surface area contributed by atoms with Gasteiger partial charge in [0.25, 0.3) is 5.91 Å². The molecule has 8 heteroatoms. The van der Waals surface area contributed by atoms with Crippen LogP contribution in [0.15, 0.2) is 24.3 Å². The molecule has 1 heterocycles. The van der Waals surface area contributed by atoms with Crippen LogP contribution in [-0.4, -0.2) is 38.3 Å². The lowest BCUT2D eigenvalue weighted by Gasteiger charge is -2.36. The molecule has 0 aromatic heterocycles. The van der Waals surface area contributed by atoms with Gasteiger partial charge in [0.2, 0.25) is 0 Å². The van der Waals surface area contributed by atoms with E-state index in [-0.39, 0.29) is 24.9 Å². The van der Waals surface area contributed by atoms with Gasteiger partial charge in [0.15, 0.2) is 0 Å². The van der Waals surface area contributed by atoms with E-state index in [1.807, 2.05) is 13.8 Å². The standard InChI is InChI=1S/C18H25F3N2O2.ClH/c1-16(2,13-5-4-6-14(11-13)18(19,20)21)12-23-15(24)17(25-3)7-9-22-10-8-17;/h4-6,11,22H,7-10,12H2,1-3H3,(H,23,24);1H. The summed E-state index contributed by atoms with van der Waals surface area (Å²) < 4.78 is 44.2. The fourth-order valence-corrected chi connectivity index (χ4v) is 3.04. The number of halogens is 4. The molecule has 1 aromatic carbocycles. The van der Waals surface area contributed by atoms with Crippen molar-refractivity contribution in [2.75, 3.05) is 26.7 Å². The van der Waals surface area contributed by atoms with Crippen LogP contribution in [0.2, 0.25) is 0 Å². The van der Waals surface area contributed by atoms with E-state index in [0.29, 0.717) is 31.5 Å². The smallest absolute Gasteiger partial charge is 0.368 e. The Bertz CT molecular complexity index is 615. The Morgan fingerprint density at radius 3 is 2.35 bits per heavy atom. The van der Waals surface area contributed by atoms with E-state index in [9.17, 15) is 18.0 Å². The first-order chi connectivity index (χ1) is 11.6. The number of nitrogens with one attached hydrogen (secondary N) is 2. The molecular weight excluding hydrogens is 369 g/mol. The normalized spacial score (nSPS) is 17.3. The lowest BCUT2D eigenvalue weighted by Crippen LogP contribution is -2.55. The van der Waals surface area contributed by atoms with E-state index in [0.717, 1.165) is 12.1 Å². The fraction of sp³-hybridized carbons (Fsp3) is 0.611. The number of carbonyl (C=O) groups excluding carboxylic acids is 1. The van der Waals surface area contributed by atoms with Crippen molar-refractivity contribution in [2.45, 2.75) is 43.9 Å². The zero-order valence-corrected chi connectivity index (χ0v) is 16.0. The first kappa shape index (κ1) is 22.7. The van der Waals surface area contributed by atoms with Crippen LogP contribution in [0.25, 0.3) is 0 Å². The van der Waals surface area contributed by atoms with Crippen molar-refractivity contribution in [1.82, 2.24) is 10.6 Å². The third kappa shape index (κ3) is 5.11. The lowest BCUT2D eigenvalue weighted by atomic mass is 9.83. The number of amides is 1. The molecule has 1 aromatic rings. The number of hydrogen-bond donors (Lipinski definition) is 2. The molecule has 26 heavy (non-hydrogen) atoms. The average Bonchev–Trinajstić information content (AvgIpc) is 2.59. The number of methoxy groups -OCH3 is 1. The van der Waals surface area contributed by atoms with Crippen LogP contribution < -0.4 is 10.6 Å². The van der Waals surface area contributed by atoms with Crippen LogP contribution in [-0.2, 0) is 21.1 Å². The van der Waals surface area contributed by atoms with E-state index in [1.54, 1.807) is 6.07 Å². The monoisotopic (exact) mass is 394 g/mol. The highest BCUT2D eigenvalue weighted by Gasteiger charge is 2.40. The Morgan fingerprint density at radius 2 is 1.81 bits per heavy atom. The summed E-state index contributed by atoms with van der Waals surface area (Å²) in [6.45, 7) is 5.23. The Balaban J connectivity index is 0.00000338. The number of piperidine rings is 1. The van der Waals surface area contributed by atoms with Crippen molar-refractivity contribution >= 4 is 18.3 Å².